The molecule has 0 amide bonds. The highest BCUT2D eigenvalue weighted by atomic mass is 15.4. The SMILES string of the molecule is CN(C)C1=CC=CCC(N(N)c2cccc(N(C)C)c2)=C1. The van der Waals surface area contributed by atoms with Crippen LogP contribution in [0.4, 0.5) is 11.4 Å². The van der Waals surface area contributed by atoms with Crippen LogP contribution in [0.1, 0.15) is 6.42 Å². The number of hydrogen-bond acceptors (Lipinski definition) is 4. The third-order valence-corrected chi connectivity index (χ3v) is 3.49. The fraction of sp³-hybridized carbons (Fsp3) is 0.294. The van der Waals surface area contributed by atoms with E-state index >= 15 is 0 Å². The molecule has 4 heteroatoms. The van der Waals surface area contributed by atoms with Gasteiger partial charge in [-0.2, -0.15) is 0 Å². The van der Waals surface area contributed by atoms with Gasteiger partial charge in [-0.05, 0) is 30.4 Å². The molecule has 0 atom stereocenters. The van der Waals surface area contributed by atoms with Crippen molar-refractivity contribution in [2.24, 2.45) is 5.84 Å². The molecule has 0 saturated carbocycles. The molecule has 0 radical (unpaired) electrons. The van der Waals surface area contributed by atoms with Crippen LogP contribution in [0.5, 0.6) is 0 Å². The normalized spacial score (nSPS) is 14.1. The van der Waals surface area contributed by atoms with Crippen molar-refractivity contribution >= 4 is 11.4 Å². The van der Waals surface area contributed by atoms with E-state index in [-0.39, 0.29) is 0 Å². The summed E-state index contributed by atoms with van der Waals surface area (Å²) in [4.78, 5) is 4.16. The Morgan fingerprint density at radius 1 is 1.00 bits per heavy atom. The zero-order valence-corrected chi connectivity index (χ0v) is 13.2. The minimum atomic E-state index is 0.816. The molecule has 1 aromatic carbocycles. The molecule has 0 fully saturated rings. The molecule has 1 aliphatic rings. The summed E-state index contributed by atoms with van der Waals surface area (Å²) in [6, 6.07) is 8.22. The largest absolute Gasteiger partial charge is 0.378 e. The summed E-state index contributed by atoms with van der Waals surface area (Å²) >= 11 is 0. The van der Waals surface area contributed by atoms with Gasteiger partial charge in [0.25, 0.3) is 0 Å². The number of nitrogens with two attached hydrogens (primary N) is 1. The van der Waals surface area contributed by atoms with Crippen molar-refractivity contribution in [3.8, 4) is 0 Å². The van der Waals surface area contributed by atoms with Crippen LogP contribution in [0, 0.1) is 0 Å². The Balaban J connectivity index is 2.31. The van der Waals surface area contributed by atoms with Gasteiger partial charge in [0.1, 0.15) is 0 Å². The minimum absolute atomic E-state index is 0.816. The molecule has 1 aliphatic carbocycles. The number of benzene rings is 1. The van der Waals surface area contributed by atoms with Crippen LogP contribution in [-0.4, -0.2) is 33.1 Å². The minimum Gasteiger partial charge on any atom is -0.378 e. The molecule has 0 spiro atoms. The number of likely N-dealkylation sites (N-methyl/N-ethyl adjacent to an activating group) is 1. The highest BCUT2D eigenvalue weighted by Gasteiger charge is 2.11. The predicted molar refractivity (Wildman–Crippen MR) is 91.0 cm³/mol. The van der Waals surface area contributed by atoms with Crippen LogP contribution in [0.2, 0.25) is 0 Å². The van der Waals surface area contributed by atoms with Gasteiger partial charge in [-0.1, -0.05) is 18.2 Å². The Bertz CT molecular complexity index is 582. The quantitative estimate of drug-likeness (QED) is 0.681. The Morgan fingerprint density at radius 3 is 2.38 bits per heavy atom. The monoisotopic (exact) mass is 284 g/mol. The molecule has 2 rings (SSSR count). The molecular weight excluding hydrogens is 260 g/mol. The molecule has 0 aliphatic heterocycles. The maximum absolute atomic E-state index is 6.34. The first-order valence-electron chi connectivity index (χ1n) is 7.06. The first-order valence-corrected chi connectivity index (χ1v) is 7.06. The fourth-order valence-corrected chi connectivity index (χ4v) is 2.17. The Hall–Kier alpha value is -2.20. The Kier molecular flexibility index (Phi) is 4.70. The topological polar surface area (TPSA) is 35.7 Å². The third kappa shape index (κ3) is 3.67. The Morgan fingerprint density at radius 2 is 1.71 bits per heavy atom. The van der Waals surface area contributed by atoms with E-state index in [1.54, 1.807) is 5.01 Å². The van der Waals surface area contributed by atoms with Gasteiger partial charge in [0.05, 0.1) is 5.69 Å². The lowest BCUT2D eigenvalue weighted by Gasteiger charge is -2.24. The van der Waals surface area contributed by atoms with Crippen molar-refractivity contribution in [1.82, 2.24) is 4.90 Å². The fourth-order valence-electron chi connectivity index (χ4n) is 2.17. The third-order valence-electron chi connectivity index (χ3n) is 3.49. The first kappa shape index (κ1) is 15.2. The number of rotatable bonds is 4. The number of hydrogen-bond donors (Lipinski definition) is 1. The molecule has 2 N–H and O–H groups in total. The molecule has 0 saturated heterocycles. The van der Waals surface area contributed by atoms with Crippen molar-refractivity contribution in [2.75, 3.05) is 38.1 Å². The van der Waals surface area contributed by atoms with Gasteiger partial charge in [-0.15, -0.1) is 0 Å². The maximum atomic E-state index is 6.34. The molecule has 0 bridgehead atoms. The number of anilines is 2. The van der Waals surface area contributed by atoms with Crippen LogP contribution in [-0.2, 0) is 0 Å². The lowest BCUT2D eigenvalue weighted by atomic mass is 10.2. The van der Waals surface area contributed by atoms with Gasteiger partial charge in [0, 0.05) is 51.7 Å². The summed E-state index contributed by atoms with van der Waals surface area (Å²) in [6.07, 6.45) is 9.23. The average Bonchev–Trinajstić information content (AvgIpc) is 2.72. The van der Waals surface area contributed by atoms with Crippen LogP contribution in [0.15, 0.2) is 60.0 Å². The van der Waals surface area contributed by atoms with Crippen molar-refractivity contribution in [3.05, 3.63) is 60.0 Å². The number of hydrazine groups is 1. The smallest absolute Gasteiger partial charge is 0.0592 e. The zero-order valence-electron chi connectivity index (χ0n) is 13.2. The van der Waals surface area contributed by atoms with Crippen LogP contribution in [0.25, 0.3) is 0 Å². The molecule has 21 heavy (non-hydrogen) atoms. The summed E-state index contributed by atoms with van der Waals surface area (Å²) in [5.41, 5.74) is 4.33. The zero-order chi connectivity index (χ0) is 15.4. The summed E-state index contributed by atoms with van der Waals surface area (Å²) in [6.45, 7) is 0. The molecule has 0 aromatic heterocycles. The van der Waals surface area contributed by atoms with E-state index < -0.39 is 0 Å². The Labute approximate surface area is 127 Å². The van der Waals surface area contributed by atoms with Gasteiger partial charge in [0.2, 0.25) is 0 Å². The maximum Gasteiger partial charge on any atom is 0.0592 e. The van der Waals surface area contributed by atoms with E-state index in [9.17, 15) is 0 Å². The average molecular weight is 284 g/mol. The number of nitrogens with zero attached hydrogens (tertiary/aromatic N) is 3. The summed E-state index contributed by atoms with van der Waals surface area (Å²) in [7, 11) is 8.13. The first-order chi connectivity index (χ1) is 9.99. The van der Waals surface area contributed by atoms with Crippen LogP contribution >= 0.6 is 0 Å². The van der Waals surface area contributed by atoms with Gasteiger partial charge in [0.15, 0.2) is 0 Å². The molecule has 0 heterocycles. The van der Waals surface area contributed by atoms with Crippen molar-refractivity contribution < 1.29 is 0 Å². The van der Waals surface area contributed by atoms with E-state index in [4.69, 9.17) is 5.84 Å². The summed E-state index contributed by atoms with van der Waals surface area (Å²) in [5.74, 6) is 6.34. The van der Waals surface area contributed by atoms with Gasteiger partial charge < -0.3 is 9.80 Å². The molecule has 1 aromatic rings. The predicted octanol–water partition coefficient (Wildman–Crippen LogP) is 2.72. The standard InChI is InChI=1S/C17H24N4/c1-19(2)14-8-5-6-9-16(12-14)21(18)17-11-7-10-15(13-17)20(3)4/h5-8,10-13H,9,18H2,1-4H3. The van der Waals surface area contributed by atoms with Crippen molar-refractivity contribution in [1.29, 1.82) is 0 Å². The van der Waals surface area contributed by atoms with E-state index in [1.807, 2.05) is 40.3 Å². The second-order valence-corrected chi connectivity index (χ2v) is 5.54. The van der Waals surface area contributed by atoms with Gasteiger partial charge in [-0.25, -0.2) is 5.84 Å². The molecule has 4 nitrogen and oxygen atoms in total. The van der Waals surface area contributed by atoms with Gasteiger partial charge in [-0.3, -0.25) is 5.01 Å². The summed E-state index contributed by atoms with van der Waals surface area (Å²) in [5, 5.41) is 1.76. The van der Waals surface area contributed by atoms with E-state index in [1.165, 1.54) is 0 Å². The highest BCUT2D eigenvalue weighted by molar-refractivity contribution is 5.61. The highest BCUT2D eigenvalue weighted by Crippen LogP contribution is 2.25. The number of allylic oxidation sites excluding steroid dienone is 4. The van der Waals surface area contributed by atoms with Crippen molar-refractivity contribution in [3.63, 3.8) is 0 Å². The lowest BCUT2D eigenvalue weighted by Crippen LogP contribution is -2.30. The second-order valence-electron chi connectivity index (χ2n) is 5.54. The van der Waals surface area contributed by atoms with Crippen molar-refractivity contribution in [2.45, 2.75) is 6.42 Å². The van der Waals surface area contributed by atoms with Crippen LogP contribution in [0.3, 0.4) is 0 Å². The summed E-state index contributed by atoms with van der Waals surface area (Å²) < 4.78 is 0. The van der Waals surface area contributed by atoms with E-state index in [0.717, 1.165) is 29.2 Å². The molecule has 0 unspecified atom stereocenters. The van der Waals surface area contributed by atoms with E-state index in [0.29, 0.717) is 0 Å². The second kappa shape index (κ2) is 6.50. The molecular formula is C17H24N4. The lowest BCUT2D eigenvalue weighted by molar-refractivity contribution is 0.529. The van der Waals surface area contributed by atoms with E-state index in [2.05, 4.69) is 46.2 Å². The van der Waals surface area contributed by atoms with Gasteiger partial charge >= 0.3 is 0 Å². The molecule has 112 valence electrons. The van der Waals surface area contributed by atoms with Crippen LogP contribution < -0.4 is 15.8 Å².